The molecule has 1 amide bonds. The van der Waals surface area contributed by atoms with Gasteiger partial charge in [-0.15, -0.1) is 11.8 Å². The molecule has 1 N–H and O–H groups in total. The molecule has 1 saturated heterocycles. The van der Waals surface area contributed by atoms with Gasteiger partial charge in [0.05, 0.1) is 11.3 Å². The van der Waals surface area contributed by atoms with Gasteiger partial charge >= 0.3 is 6.09 Å². The van der Waals surface area contributed by atoms with Crippen LogP contribution in [-0.2, 0) is 4.74 Å². The number of nitrogens with zero attached hydrogens (tertiary/aromatic N) is 3. The van der Waals surface area contributed by atoms with Gasteiger partial charge in [0.25, 0.3) is 0 Å². The van der Waals surface area contributed by atoms with E-state index >= 15 is 0 Å². The molecular weight excluding hydrogens is 324 g/mol. The second-order valence-electron chi connectivity index (χ2n) is 6.55. The van der Waals surface area contributed by atoms with Crippen molar-refractivity contribution in [3.63, 3.8) is 0 Å². The second kappa shape index (κ2) is 6.29. The van der Waals surface area contributed by atoms with Gasteiger partial charge < -0.3 is 19.9 Å². The van der Waals surface area contributed by atoms with Gasteiger partial charge in [-0.3, -0.25) is 0 Å². The predicted molar refractivity (Wildman–Crippen MR) is 96.0 cm³/mol. The van der Waals surface area contributed by atoms with Crippen LogP contribution in [0.2, 0.25) is 0 Å². The second-order valence-corrected chi connectivity index (χ2v) is 7.68. The van der Waals surface area contributed by atoms with Gasteiger partial charge in [-0.2, -0.15) is 0 Å². The lowest BCUT2D eigenvalue weighted by Gasteiger charge is -2.37. The van der Waals surface area contributed by atoms with E-state index in [4.69, 9.17) is 4.74 Å². The Labute approximate surface area is 146 Å². The van der Waals surface area contributed by atoms with Crippen molar-refractivity contribution < 1.29 is 9.53 Å². The van der Waals surface area contributed by atoms with Gasteiger partial charge in [0.15, 0.2) is 0 Å². The lowest BCUT2D eigenvalue weighted by atomic mass is 10.1. The zero-order valence-corrected chi connectivity index (χ0v) is 14.8. The number of anilines is 1. The first kappa shape index (κ1) is 15.8. The molecule has 4 rings (SSSR count). The van der Waals surface area contributed by atoms with E-state index < -0.39 is 0 Å². The fourth-order valence-corrected chi connectivity index (χ4v) is 4.48. The molecule has 0 saturated carbocycles. The third-order valence-electron chi connectivity index (χ3n) is 4.73. The number of carbonyl (C=O) groups excluding carboxylic acids is 1. The molecule has 0 radical (unpaired) electrons. The summed E-state index contributed by atoms with van der Waals surface area (Å²) in [6, 6.07) is 6.52. The Morgan fingerprint density at radius 3 is 3.17 bits per heavy atom. The summed E-state index contributed by atoms with van der Waals surface area (Å²) < 4.78 is 5.72. The van der Waals surface area contributed by atoms with Crippen molar-refractivity contribution in [1.82, 2.24) is 10.2 Å². The van der Waals surface area contributed by atoms with E-state index in [0.29, 0.717) is 19.1 Å². The molecule has 7 heteroatoms. The molecule has 0 aromatic heterocycles. The number of ether oxygens (including phenoxy) is 1. The van der Waals surface area contributed by atoms with Gasteiger partial charge in [-0.05, 0) is 26.0 Å². The van der Waals surface area contributed by atoms with E-state index in [1.54, 1.807) is 4.90 Å². The molecule has 0 bridgehead atoms. The monoisotopic (exact) mass is 346 g/mol. The number of carbonyl (C=O) groups is 1. The lowest BCUT2D eigenvalue weighted by Crippen LogP contribution is -2.56. The van der Waals surface area contributed by atoms with Crippen LogP contribution in [0.25, 0.3) is 0 Å². The summed E-state index contributed by atoms with van der Waals surface area (Å²) in [6.07, 6.45) is -0.302. The van der Waals surface area contributed by atoms with Crippen LogP contribution in [0.3, 0.4) is 0 Å². The molecule has 3 aliphatic rings. The first-order valence-corrected chi connectivity index (χ1v) is 9.39. The molecule has 0 aliphatic carbocycles. The molecule has 1 aromatic rings. The number of piperazine rings is 1. The summed E-state index contributed by atoms with van der Waals surface area (Å²) in [5.41, 5.74) is 2.09. The molecule has 3 heterocycles. The van der Waals surface area contributed by atoms with E-state index in [-0.39, 0.29) is 18.2 Å². The topological polar surface area (TPSA) is 57.2 Å². The van der Waals surface area contributed by atoms with Crippen molar-refractivity contribution in [3.05, 3.63) is 23.8 Å². The smallest absolute Gasteiger partial charge is 0.391 e. The number of nitrogens with one attached hydrogen (secondary N) is 1. The molecule has 1 fully saturated rings. The molecule has 2 atom stereocenters. The number of amides is 1. The Kier molecular flexibility index (Phi) is 4.14. The summed E-state index contributed by atoms with van der Waals surface area (Å²) in [6.45, 7) is 7.08. The minimum absolute atomic E-state index is 0.120. The van der Waals surface area contributed by atoms with Crippen molar-refractivity contribution in [1.29, 1.82) is 0 Å². The van der Waals surface area contributed by atoms with Gasteiger partial charge in [0, 0.05) is 42.4 Å². The van der Waals surface area contributed by atoms with Crippen molar-refractivity contribution >= 4 is 29.4 Å². The molecule has 6 nitrogen and oxygen atoms in total. The Bertz CT molecular complexity index is 693. The average Bonchev–Trinajstić information content (AvgIpc) is 2.59. The lowest BCUT2D eigenvalue weighted by molar-refractivity contribution is 0.110. The van der Waals surface area contributed by atoms with E-state index in [1.165, 1.54) is 4.90 Å². The quantitative estimate of drug-likeness (QED) is 0.780. The molecule has 1 aromatic carbocycles. The maximum atomic E-state index is 12.7. The molecule has 3 aliphatic heterocycles. The van der Waals surface area contributed by atoms with Crippen LogP contribution < -0.4 is 10.2 Å². The van der Waals surface area contributed by atoms with Crippen LogP contribution >= 0.6 is 11.8 Å². The fraction of sp³-hybridized carbons (Fsp3) is 0.529. The van der Waals surface area contributed by atoms with E-state index in [1.807, 2.05) is 30.8 Å². The number of hydrogen-bond acceptors (Lipinski definition) is 6. The van der Waals surface area contributed by atoms with Crippen LogP contribution in [-0.4, -0.2) is 61.0 Å². The third-order valence-corrected chi connectivity index (χ3v) is 5.76. The summed E-state index contributed by atoms with van der Waals surface area (Å²) in [7, 11) is 0. The van der Waals surface area contributed by atoms with Crippen LogP contribution in [0.15, 0.2) is 28.1 Å². The minimum Gasteiger partial charge on any atom is -0.391 e. The molecule has 128 valence electrons. The maximum absolute atomic E-state index is 12.7. The summed E-state index contributed by atoms with van der Waals surface area (Å²) in [5.74, 6) is 1.52. The summed E-state index contributed by atoms with van der Waals surface area (Å²) >= 11 is 1.85. The fourth-order valence-electron chi connectivity index (χ4n) is 3.40. The normalized spacial score (nSPS) is 25.8. The highest BCUT2D eigenvalue weighted by molar-refractivity contribution is 7.99. The number of hydrogen-bond donors (Lipinski definition) is 1. The molecule has 24 heavy (non-hydrogen) atoms. The van der Waals surface area contributed by atoms with E-state index in [2.05, 4.69) is 28.2 Å². The highest BCUT2D eigenvalue weighted by atomic mass is 32.2. The van der Waals surface area contributed by atoms with Gasteiger partial charge in [0.2, 0.25) is 5.90 Å². The molecule has 0 spiro atoms. The Balaban J connectivity index is 1.57. The number of thioether (sulfide) groups is 1. The number of para-hydroxylation sites is 1. The first-order chi connectivity index (χ1) is 11.6. The molecular formula is C17H22N4O2S. The van der Waals surface area contributed by atoms with Gasteiger partial charge in [-0.25, -0.2) is 9.79 Å². The van der Waals surface area contributed by atoms with Crippen molar-refractivity contribution in [2.24, 2.45) is 4.99 Å². The van der Waals surface area contributed by atoms with Crippen LogP contribution in [0.1, 0.15) is 19.4 Å². The average molecular weight is 346 g/mol. The van der Waals surface area contributed by atoms with Crippen LogP contribution in [0.4, 0.5) is 10.5 Å². The van der Waals surface area contributed by atoms with Crippen molar-refractivity contribution in [2.75, 3.05) is 37.0 Å². The van der Waals surface area contributed by atoms with Crippen LogP contribution in [0.5, 0.6) is 0 Å². The van der Waals surface area contributed by atoms with Crippen molar-refractivity contribution in [2.45, 2.75) is 30.8 Å². The highest BCUT2D eigenvalue weighted by Crippen LogP contribution is 2.39. The number of rotatable bonds is 0. The van der Waals surface area contributed by atoms with E-state index in [9.17, 15) is 4.79 Å². The third kappa shape index (κ3) is 2.75. The zero-order chi connectivity index (χ0) is 16.7. The summed E-state index contributed by atoms with van der Waals surface area (Å²) in [5, 5.41) is 3.38. The largest absolute Gasteiger partial charge is 0.416 e. The summed E-state index contributed by atoms with van der Waals surface area (Å²) in [4.78, 5) is 22.5. The van der Waals surface area contributed by atoms with Gasteiger partial charge in [0.1, 0.15) is 6.67 Å². The van der Waals surface area contributed by atoms with E-state index in [0.717, 1.165) is 30.1 Å². The minimum atomic E-state index is -0.302. The van der Waals surface area contributed by atoms with Crippen molar-refractivity contribution in [3.8, 4) is 0 Å². The Morgan fingerprint density at radius 1 is 1.42 bits per heavy atom. The standard InChI is InChI=1S/C17H22N4O2S/c1-11-9-21(12(2)8-18-11)17(22)23-16-13-4-3-5-14-15(13)20(10-19-16)6-7-24-14/h3-5,11-12,18H,6-10H2,1-2H3. The SMILES string of the molecule is CC1CN(C(=O)OC2=NCN3CCSc4cccc2c43)C(C)CN1. The Hall–Kier alpha value is -1.73. The predicted octanol–water partition coefficient (Wildman–Crippen LogP) is 2.14. The Morgan fingerprint density at radius 2 is 2.29 bits per heavy atom. The number of benzene rings is 1. The van der Waals surface area contributed by atoms with Crippen LogP contribution in [0, 0.1) is 0 Å². The van der Waals surface area contributed by atoms with Gasteiger partial charge in [-0.1, -0.05) is 6.07 Å². The highest BCUT2D eigenvalue weighted by Gasteiger charge is 2.32. The zero-order valence-electron chi connectivity index (χ0n) is 14.0. The molecule has 2 unspecified atom stereocenters. The number of aliphatic imine (C=N–C) groups is 1. The first-order valence-electron chi connectivity index (χ1n) is 8.41. The maximum Gasteiger partial charge on any atom is 0.416 e.